The molecule has 4 rings (SSSR count). The maximum atomic E-state index is 13.2. The van der Waals surface area contributed by atoms with Crippen LogP contribution < -0.4 is 20.4 Å². The van der Waals surface area contributed by atoms with E-state index in [-0.39, 0.29) is 11.8 Å². The van der Waals surface area contributed by atoms with Crippen molar-refractivity contribution in [2.45, 2.75) is 18.9 Å². The molecular formula is C20H23FN4O. The first kappa shape index (κ1) is 16.8. The second kappa shape index (κ2) is 7.33. The highest BCUT2D eigenvalue weighted by atomic mass is 19.1. The van der Waals surface area contributed by atoms with E-state index in [9.17, 15) is 9.18 Å². The van der Waals surface area contributed by atoms with Crippen LogP contribution in [0.2, 0.25) is 0 Å². The Labute approximate surface area is 152 Å². The molecule has 0 spiro atoms. The van der Waals surface area contributed by atoms with Crippen LogP contribution in [0.1, 0.15) is 12.8 Å². The van der Waals surface area contributed by atoms with Gasteiger partial charge in [0.25, 0.3) is 0 Å². The van der Waals surface area contributed by atoms with E-state index in [0.29, 0.717) is 25.7 Å². The summed E-state index contributed by atoms with van der Waals surface area (Å²) in [5.74, 6) is -0.249. The summed E-state index contributed by atoms with van der Waals surface area (Å²) in [6.07, 6.45) is 2.27. The molecular weight excluding hydrogens is 331 g/mol. The van der Waals surface area contributed by atoms with E-state index < -0.39 is 0 Å². The van der Waals surface area contributed by atoms with Gasteiger partial charge in [-0.25, -0.2) is 9.18 Å². The molecule has 0 unspecified atom stereocenters. The molecule has 1 atom stereocenters. The highest BCUT2D eigenvalue weighted by Crippen LogP contribution is 2.37. The summed E-state index contributed by atoms with van der Waals surface area (Å²) in [6, 6.07) is 14.6. The maximum Gasteiger partial charge on any atom is 0.322 e. The van der Waals surface area contributed by atoms with E-state index >= 15 is 0 Å². The maximum absolute atomic E-state index is 13.2. The number of nitrogens with one attached hydrogen (secondary N) is 2. The van der Waals surface area contributed by atoms with Crippen LogP contribution in [0.25, 0.3) is 0 Å². The molecule has 5 nitrogen and oxygen atoms in total. The van der Waals surface area contributed by atoms with Crippen LogP contribution in [0.5, 0.6) is 0 Å². The van der Waals surface area contributed by atoms with Gasteiger partial charge in [0.15, 0.2) is 0 Å². The van der Waals surface area contributed by atoms with Gasteiger partial charge < -0.3 is 15.5 Å². The number of nitrogens with zero attached hydrogens (tertiary/aromatic N) is 2. The third kappa shape index (κ3) is 3.37. The molecule has 26 heavy (non-hydrogen) atoms. The number of carbonyl (C=O) groups is 1. The van der Waals surface area contributed by atoms with Crippen LogP contribution in [-0.4, -0.2) is 38.3 Å². The molecule has 0 aliphatic carbocycles. The van der Waals surface area contributed by atoms with Crippen LogP contribution in [0.15, 0.2) is 48.5 Å². The Balaban J connectivity index is 1.53. The van der Waals surface area contributed by atoms with E-state index in [2.05, 4.69) is 15.5 Å². The molecule has 1 fully saturated rings. The lowest BCUT2D eigenvalue weighted by molar-refractivity contribution is 0.245. The highest BCUT2D eigenvalue weighted by molar-refractivity contribution is 5.97. The first-order valence-electron chi connectivity index (χ1n) is 9.13. The monoisotopic (exact) mass is 354 g/mol. The Bertz CT molecular complexity index is 774. The molecule has 2 heterocycles. The van der Waals surface area contributed by atoms with Crippen molar-refractivity contribution in [2.75, 3.05) is 36.0 Å². The minimum atomic E-state index is -0.249. The number of carbonyl (C=O) groups excluding carboxylic acids is 1. The predicted molar refractivity (Wildman–Crippen MR) is 102 cm³/mol. The zero-order chi connectivity index (χ0) is 17.9. The van der Waals surface area contributed by atoms with Gasteiger partial charge in [-0.3, -0.25) is 4.90 Å². The molecule has 1 saturated heterocycles. The fourth-order valence-electron chi connectivity index (χ4n) is 3.70. The van der Waals surface area contributed by atoms with E-state index in [1.165, 1.54) is 18.6 Å². The van der Waals surface area contributed by atoms with Gasteiger partial charge in [-0.15, -0.1) is 0 Å². The van der Waals surface area contributed by atoms with Gasteiger partial charge in [0.05, 0.1) is 11.4 Å². The number of urea groups is 1. The fourth-order valence-corrected chi connectivity index (χ4v) is 3.70. The SMILES string of the molecule is O=C(NC[C@H]1CCCN1)N1CCN(c2ccc(F)cc2)c2ccccc21. The van der Waals surface area contributed by atoms with Crippen molar-refractivity contribution in [1.82, 2.24) is 10.6 Å². The average molecular weight is 354 g/mol. The van der Waals surface area contributed by atoms with E-state index in [4.69, 9.17) is 0 Å². The number of hydrogen-bond acceptors (Lipinski definition) is 3. The first-order valence-corrected chi connectivity index (χ1v) is 9.13. The van der Waals surface area contributed by atoms with Gasteiger partial charge in [0, 0.05) is 31.4 Å². The lowest BCUT2D eigenvalue weighted by Crippen LogP contribution is -2.49. The van der Waals surface area contributed by atoms with Crippen molar-refractivity contribution >= 4 is 23.1 Å². The van der Waals surface area contributed by atoms with E-state index in [1.807, 2.05) is 24.3 Å². The number of hydrogen-bond donors (Lipinski definition) is 2. The van der Waals surface area contributed by atoms with E-state index in [0.717, 1.165) is 30.0 Å². The van der Waals surface area contributed by atoms with Crippen LogP contribution in [0, 0.1) is 5.82 Å². The van der Waals surface area contributed by atoms with Crippen molar-refractivity contribution in [3.05, 3.63) is 54.3 Å². The Kier molecular flexibility index (Phi) is 4.75. The summed E-state index contributed by atoms with van der Waals surface area (Å²) >= 11 is 0. The second-order valence-electron chi connectivity index (χ2n) is 6.75. The van der Waals surface area contributed by atoms with Gasteiger partial charge in [0.2, 0.25) is 0 Å². The van der Waals surface area contributed by atoms with Gasteiger partial charge in [-0.05, 0) is 55.8 Å². The summed E-state index contributed by atoms with van der Waals surface area (Å²) in [5, 5.41) is 6.45. The number of para-hydroxylation sites is 2. The van der Waals surface area contributed by atoms with Crippen LogP contribution >= 0.6 is 0 Å². The van der Waals surface area contributed by atoms with Crippen molar-refractivity contribution in [3.8, 4) is 0 Å². The number of amides is 2. The summed E-state index contributed by atoms with van der Waals surface area (Å²) < 4.78 is 13.2. The third-order valence-corrected chi connectivity index (χ3v) is 5.06. The molecule has 2 amide bonds. The van der Waals surface area contributed by atoms with Gasteiger partial charge >= 0.3 is 6.03 Å². The van der Waals surface area contributed by atoms with Gasteiger partial charge in [0.1, 0.15) is 5.82 Å². The average Bonchev–Trinajstić information content (AvgIpc) is 3.20. The Hall–Kier alpha value is -2.60. The molecule has 0 aromatic heterocycles. The van der Waals surface area contributed by atoms with Crippen molar-refractivity contribution < 1.29 is 9.18 Å². The minimum absolute atomic E-state index is 0.0649. The lowest BCUT2D eigenvalue weighted by atomic mass is 10.1. The molecule has 2 aliphatic rings. The Morgan fingerprint density at radius 2 is 1.88 bits per heavy atom. The number of benzene rings is 2. The van der Waals surface area contributed by atoms with Crippen molar-refractivity contribution in [1.29, 1.82) is 0 Å². The molecule has 136 valence electrons. The number of fused-ring (bicyclic) bond motifs is 1. The normalized spacial score (nSPS) is 19.3. The smallest absolute Gasteiger partial charge is 0.322 e. The predicted octanol–water partition coefficient (Wildman–Crippen LogP) is 3.25. The Morgan fingerprint density at radius 1 is 1.12 bits per heavy atom. The zero-order valence-corrected chi connectivity index (χ0v) is 14.6. The molecule has 6 heteroatoms. The molecule has 0 saturated carbocycles. The molecule has 2 aromatic rings. The molecule has 2 aromatic carbocycles. The molecule has 2 N–H and O–H groups in total. The quantitative estimate of drug-likeness (QED) is 0.890. The first-order chi connectivity index (χ1) is 12.7. The largest absolute Gasteiger partial charge is 0.338 e. The Morgan fingerprint density at radius 3 is 2.62 bits per heavy atom. The summed E-state index contributed by atoms with van der Waals surface area (Å²) in [7, 11) is 0. The van der Waals surface area contributed by atoms with Crippen LogP contribution in [0.4, 0.5) is 26.2 Å². The number of halogens is 1. The molecule has 2 aliphatic heterocycles. The minimum Gasteiger partial charge on any atom is -0.338 e. The summed E-state index contributed by atoms with van der Waals surface area (Å²) in [5.41, 5.74) is 2.76. The van der Waals surface area contributed by atoms with Crippen LogP contribution in [0.3, 0.4) is 0 Å². The van der Waals surface area contributed by atoms with Crippen molar-refractivity contribution in [2.24, 2.45) is 0 Å². The van der Waals surface area contributed by atoms with Gasteiger partial charge in [-0.1, -0.05) is 12.1 Å². The van der Waals surface area contributed by atoms with E-state index in [1.54, 1.807) is 17.0 Å². The standard InChI is InChI=1S/C20H23FN4O/c21-15-7-9-17(10-8-15)24-12-13-25(19-6-2-1-5-18(19)24)20(26)23-14-16-4-3-11-22-16/h1-2,5-10,16,22H,3-4,11-14H2,(H,23,26)/t16-/m1/s1. The molecule has 0 bridgehead atoms. The topological polar surface area (TPSA) is 47.6 Å². The third-order valence-electron chi connectivity index (χ3n) is 5.06. The van der Waals surface area contributed by atoms with Gasteiger partial charge in [-0.2, -0.15) is 0 Å². The highest BCUT2D eigenvalue weighted by Gasteiger charge is 2.27. The number of rotatable bonds is 3. The van der Waals surface area contributed by atoms with Crippen molar-refractivity contribution in [3.63, 3.8) is 0 Å². The summed E-state index contributed by atoms with van der Waals surface area (Å²) in [4.78, 5) is 16.6. The number of anilines is 3. The fraction of sp³-hybridized carbons (Fsp3) is 0.350. The zero-order valence-electron chi connectivity index (χ0n) is 14.6. The van der Waals surface area contributed by atoms with Crippen LogP contribution in [-0.2, 0) is 0 Å². The second-order valence-corrected chi connectivity index (χ2v) is 6.75. The summed E-state index contributed by atoms with van der Waals surface area (Å²) in [6.45, 7) is 2.93. The lowest BCUT2D eigenvalue weighted by Gasteiger charge is -2.37. The molecule has 0 radical (unpaired) electrons.